The third-order valence-corrected chi connectivity index (χ3v) is 5.52. The SMILES string of the molecule is CC(CNCc1c(Cl)cccc1S(C)(=O)=O)N1CCCC1. The smallest absolute Gasteiger partial charge is 0.175 e. The molecule has 0 saturated carbocycles. The molecule has 1 saturated heterocycles. The van der Waals surface area contributed by atoms with E-state index in [1.165, 1.54) is 19.1 Å². The third kappa shape index (κ3) is 4.42. The second-order valence-corrected chi connectivity index (χ2v) is 8.10. The predicted octanol–water partition coefficient (Wildman–Crippen LogP) is 2.32. The van der Waals surface area contributed by atoms with E-state index in [1.54, 1.807) is 18.2 Å². The first kappa shape index (κ1) is 16.7. The fourth-order valence-corrected chi connectivity index (χ4v) is 4.03. The van der Waals surface area contributed by atoms with Gasteiger partial charge >= 0.3 is 0 Å². The maximum atomic E-state index is 11.8. The monoisotopic (exact) mass is 330 g/mol. The Bertz CT molecular complexity index is 583. The first-order chi connectivity index (χ1) is 9.89. The lowest BCUT2D eigenvalue weighted by Crippen LogP contribution is -2.38. The van der Waals surface area contributed by atoms with E-state index in [1.807, 2.05) is 0 Å². The van der Waals surface area contributed by atoms with Crippen LogP contribution in [-0.2, 0) is 16.4 Å². The zero-order valence-electron chi connectivity index (χ0n) is 12.6. The van der Waals surface area contributed by atoms with Gasteiger partial charge < -0.3 is 5.32 Å². The Morgan fingerprint density at radius 2 is 2.00 bits per heavy atom. The number of sulfone groups is 1. The van der Waals surface area contributed by atoms with Crippen LogP contribution in [0.5, 0.6) is 0 Å². The van der Waals surface area contributed by atoms with Crippen molar-refractivity contribution in [3.8, 4) is 0 Å². The summed E-state index contributed by atoms with van der Waals surface area (Å²) in [5.41, 5.74) is 0.662. The highest BCUT2D eigenvalue weighted by Gasteiger charge is 2.19. The fraction of sp³-hybridized carbons (Fsp3) is 0.600. The van der Waals surface area contributed by atoms with Crippen LogP contribution in [0.3, 0.4) is 0 Å². The second kappa shape index (κ2) is 7.09. The van der Waals surface area contributed by atoms with E-state index >= 15 is 0 Å². The van der Waals surface area contributed by atoms with Gasteiger partial charge in [0.15, 0.2) is 9.84 Å². The van der Waals surface area contributed by atoms with Crippen LogP contribution in [-0.4, -0.2) is 45.2 Å². The number of benzene rings is 1. The minimum absolute atomic E-state index is 0.316. The molecule has 1 N–H and O–H groups in total. The molecule has 6 heteroatoms. The van der Waals surface area contributed by atoms with E-state index in [4.69, 9.17) is 11.6 Å². The van der Waals surface area contributed by atoms with Gasteiger partial charge in [-0.2, -0.15) is 0 Å². The van der Waals surface area contributed by atoms with Gasteiger partial charge in [0.2, 0.25) is 0 Å². The molecule has 1 aromatic carbocycles. The van der Waals surface area contributed by atoms with E-state index < -0.39 is 9.84 Å². The number of hydrogen-bond acceptors (Lipinski definition) is 4. The zero-order valence-corrected chi connectivity index (χ0v) is 14.2. The molecule has 118 valence electrons. The summed E-state index contributed by atoms with van der Waals surface area (Å²) < 4.78 is 23.6. The van der Waals surface area contributed by atoms with E-state index in [9.17, 15) is 8.42 Å². The van der Waals surface area contributed by atoms with E-state index in [0.717, 1.165) is 19.6 Å². The quantitative estimate of drug-likeness (QED) is 0.869. The number of hydrogen-bond donors (Lipinski definition) is 1. The molecule has 1 aliphatic rings. The van der Waals surface area contributed by atoms with Crippen LogP contribution in [0.1, 0.15) is 25.3 Å². The van der Waals surface area contributed by atoms with Gasteiger partial charge in [0, 0.05) is 36.0 Å². The van der Waals surface area contributed by atoms with Crippen LogP contribution in [0, 0.1) is 0 Å². The molecule has 1 aliphatic heterocycles. The minimum Gasteiger partial charge on any atom is -0.311 e. The number of likely N-dealkylation sites (tertiary alicyclic amines) is 1. The third-order valence-electron chi connectivity index (χ3n) is 3.98. The molecule has 1 aromatic rings. The van der Waals surface area contributed by atoms with Crippen LogP contribution in [0.25, 0.3) is 0 Å². The summed E-state index contributed by atoms with van der Waals surface area (Å²) in [6.45, 7) is 5.81. The minimum atomic E-state index is -3.26. The predicted molar refractivity (Wildman–Crippen MR) is 86.5 cm³/mol. The lowest BCUT2D eigenvalue weighted by molar-refractivity contribution is 0.251. The molecule has 0 aliphatic carbocycles. The number of nitrogens with zero attached hydrogens (tertiary/aromatic N) is 1. The van der Waals surface area contributed by atoms with Crippen molar-refractivity contribution >= 4 is 21.4 Å². The average molecular weight is 331 g/mol. The lowest BCUT2D eigenvalue weighted by atomic mass is 10.2. The van der Waals surface area contributed by atoms with Gasteiger partial charge in [-0.1, -0.05) is 17.7 Å². The van der Waals surface area contributed by atoms with Crippen molar-refractivity contribution in [3.63, 3.8) is 0 Å². The highest BCUT2D eigenvalue weighted by atomic mass is 35.5. The molecule has 0 radical (unpaired) electrons. The molecule has 0 spiro atoms. The van der Waals surface area contributed by atoms with Crippen LogP contribution in [0.4, 0.5) is 0 Å². The Kier molecular flexibility index (Phi) is 5.66. The Hall–Kier alpha value is -0.620. The largest absolute Gasteiger partial charge is 0.311 e. The van der Waals surface area contributed by atoms with Crippen molar-refractivity contribution in [2.24, 2.45) is 0 Å². The molecule has 4 nitrogen and oxygen atoms in total. The molecule has 0 aromatic heterocycles. The number of rotatable bonds is 6. The lowest BCUT2D eigenvalue weighted by Gasteiger charge is -2.24. The highest BCUT2D eigenvalue weighted by Crippen LogP contribution is 2.23. The van der Waals surface area contributed by atoms with Crippen LogP contribution in [0.15, 0.2) is 23.1 Å². The summed E-state index contributed by atoms with van der Waals surface area (Å²) in [6, 6.07) is 5.48. The highest BCUT2D eigenvalue weighted by molar-refractivity contribution is 7.90. The van der Waals surface area contributed by atoms with Crippen molar-refractivity contribution < 1.29 is 8.42 Å². The Labute approximate surface area is 132 Å². The van der Waals surface area contributed by atoms with E-state index in [0.29, 0.717) is 28.1 Å². The fourth-order valence-electron chi connectivity index (χ4n) is 2.78. The molecular weight excluding hydrogens is 308 g/mol. The summed E-state index contributed by atoms with van der Waals surface area (Å²) in [7, 11) is -3.26. The van der Waals surface area contributed by atoms with Crippen molar-refractivity contribution in [1.82, 2.24) is 10.2 Å². The Balaban J connectivity index is 2.00. The van der Waals surface area contributed by atoms with Gasteiger partial charge in [-0.05, 0) is 45.0 Å². The molecular formula is C15H23ClN2O2S. The van der Waals surface area contributed by atoms with Gasteiger partial charge in [-0.15, -0.1) is 0 Å². The molecule has 1 atom stereocenters. The molecule has 1 unspecified atom stereocenters. The molecule has 1 fully saturated rings. The summed E-state index contributed by atoms with van der Waals surface area (Å²) in [5, 5.41) is 3.84. The van der Waals surface area contributed by atoms with Gasteiger partial charge in [-0.3, -0.25) is 4.90 Å². The van der Waals surface area contributed by atoms with Crippen molar-refractivity contribution in [2.75, 3.05) is 25.9 Å². The molecule has 21 heavy (non-hydrogen) atoms. The second-order valence-electron chi connectivity index (χ2n) is 5.71. The number of halogens is 1. The first-order valence-electron chi connectivity index (χ1n) is 7.32. The average Bonchev–Trinajstić information content (AvgIpc) is 2.93. The van der Waals surface area contributed by atoms with Crippen LogP contribution >= 0.6 is 11.6 Å². The molecule has 2 rings (SSSR count). The normalized spacial score (nSPS) is 18.0. The summed E-state index contributed by atoms with van der Waals surface area (Å²) in [5.74, 6) is 0. The first-order valence-corrected chi connectivity index (χ1v) is 9.58. The van der Waals surface area contributed by atoms with Gasteiger partial charge in [0.25, 0.3) is 0 Å². The van der Waals surface area contributed by atoms with Gasteiger partial charge in [0.05, 0.1) is 4.90 Å². The summed E-state index contributed by atoms with van der Waals surface area (Å²) >= 11 is 6.16. The Morgan fingerprint density at radius 1 is 1.33 bits per heavy atom. The summed E-state index contributed by atoms with van der Waals surface area (Å²) in [6.07, 6.45) is 3.76. The zero-order chi connectivity index (χ0) is 15.5. The maximum Gasteiger partial charge on any atom is 0.175 e. The molecule has 0 amide bonds. The maximum absolute atomic E-state index is 11.8. The van der Waals surface area contributed by atoms with Crippen molar-refractivity contribution in [3.05, 3.63) is 28.8 Å². The standard InChI is InChI=1S/C15H23ClN2O2S/c1-12(18-8-3-4-9-18)10-17-11-13-14(16)6-5-7-15(13)21(2,19)20/h5-7,12,17H,3-4,8-11H2,1-2H3. The van der Waals surface area contributed by atoms with E-state index in [2.05, 4.69) is 17.1 Å². The van der Waals surface area contributed by atoms with E-state index in [-0.39, 0.29) is 0 Å². The number of nitrogens with one attached hydrogen (secondary N) is 1. The van der Waals surface area contributed by atoms with Crippen molar-refractivity contribution in [2.45, 2.75) is 37.2 Å². The molecule has 1 heterocycles. The molecule has 0 bridgehead atoms. The van der Waals surface area contributed by atoms with Crippen molar-refractivity contribution in [1.29, 1.82) is 0 Å². The summed E-state index contributed by atoms with van der Waals surface area (Å²) in [4.78, 5) is 2.77. The van der Waals surface area contributed by atoms with Gasteiger partial charge in [0.1, 0.15) is 0 Å². The topological polar surface area (TPSA) is 49.4 Å². The van der Waals surface area contributed by atoms with Gasteiger partial charge in [-0.25, -0.2) is 8.42 Å². The Morgan fingerprint density at radius 3 is 2.62 bits per heavy atom. The van der Waals surface area contributed by atoms with Crippen LogP contribution in [0.2, 0.25) is 5.02 Å². The van der Waals surface area contributed by atoms with Crippen LogP contribution < -0.4 is 5.32 Å².